The number of rotatable bonds is 7. The van der Waals surface area contributed by atoms with Gasteiger partial charge in [0.25, 0.3) is 5.24 Å². The summed E-state index contributed by atoms with van der Waals surface area (Å²) in [6.07, 6.45) is 2.13. The van der Waals surface area contributed by atoms with Crippen LogP contribution in [0.25, 0.3) is 0 Å². The van der Waals surface area contributed by atoms with Crippen LogP contribution < -0.4 is 5.32 Å². The summed E-state index contributed by atoms with van der Waals surface area (Å²) in [5, 5.41) is 2.55. The van der Waals surface area contributed by atoms with E-state index < -0.39 is 6.04 Å². The van der Waals surface area contributed by atoms with Crippen molar-refractivity contribution in [1.82, 2.24) is 15.1 Å². The number of benzene rings is 1. The molecule has 3 amide bonds. The highest BCUT2D eigenvalue weighted by Gasteiger charge is 2.36. The van der Waals surface area contributed by atoms with Gasteiger partial charge in [0.2, 0.25) is 11.8 Å². The molecule has 0 spiro atoms. The molecule has 9 heteroatoms. The minimum Gasteiger partial charge on any atom is -0.375 e. The third-order valence-electron chi connectivity index (χ3n) is 5.88. The molecule has 30 heavy (non-hydrogen) atoms. The minimum atomic E-state index is -0.444. The number of carbonyl (C=O) groups is 3. The zero-order valence-electron chi connectivity index (χ0n) is 17.3. The standard InChI is InChI=1S/C21H28FN3O4S/c1-24(19(26)12-29-2)18(11-14-3-5-16(22)6-4-14)15-7-9-25(10-8-15)20(27)17-13-30-21(28)23-17/h3-6,15,17-18H,7-13H2,1-2H3,(H,23,28)/t17-,18?/m0/s1. The monoisotopic (exact) mass is 437 g/mol. The van der Waals surface area contributed by atoms with E-state index in [9.17, 15) is 18.8 Å². The number of amides is 3. The molecule has 2 aliphatic heterocycles. The molecule has 1 unspecified atom stereocenters. The Morgan fingerprint density at radius 1 is 1.30 bits per heavy atom. The van der Waals surface area contributed by atoms with Crippen LogP contribution in [0.2, 0.25) is 0 Å². The van der Waals surface area contributed by atoms with Gasteiger partial charge in [0.15, 0.2) is 0 Å². The smallest absolute Gasteiger partial charge is 0.279 e. The number of halogens is 1. The van der Waals surface area contributed by atoms with E-state index in [0.29, 0.717) is 25.3 Å². The van der Waals surface area contributed by atoms with Gasteiger partial charge in [-0.25, -0.2) is 4.39 Å². The Balaban J connectivity index is 1.66. The van der Waals surface area contributed by atoms with Crippen LogP contribution in [0, 0.1) is 11.7 Å². The van der Waals surface area contributed by atoms with Gasteiger partial charge in [-0.1, -0.05) is 23.9 Å². The Kier molecular flexibility index (Phi) is 7.71. The van der Waals surface area contributed by atoms with Gasteiger partial charge in [0, 0.05) is 39.0 Å². The van der Waals surface area contributed by atoms with Crippen molar-refractivity contribution in [2.75, 3.05) is 39.6 Å². The third-order valence-corrected chi connectivity index (χ3v) is 6.76. The summed E-state index contributed by atoms with van der Waals surface area (Å²) < 4.78 is 18.3. The summed E-state index contributed by atoms with van der Waals surface area (Å²) in [6, 6.07) is 5.83. The number of hydrogen-bond acceptors (Lipinski definition) is 5. The molecule has 0 radical (unpaired) electrons. The van der Waals surface area contributed by atoms with Crippen LogP contribution in [-0.4, -0.2) is 78.5 Å². The fraction of sp³-hybridized carbons (Fsp3) is 0.571. The van der Waals surface area contributed by atoms with Crippen LogP contribution in [0.3, 0.4) is 0 Å². The first kappa shape index (κ1) is 22.6. The highest BCUT2D eigenvalue weighted by Crippen LogP contribution is 2.28. The van der Waals surface area contributed by atoms with E-state index in [-0.39, 0.29) is 41.4 Å². The van der Waals surface area contributed by atoms with Crippen molar-refractivity contribution in [3.63, 3.8) is 0 Å². The minimum absolute atomic E-state index is 0.00674. The Bertz CT molecular complexity index is 768. The topological polar surface area (TPSA) is 79.0 Å². The molecular formula is C21H28FN3O4S. The zero-order valence-corrected chi connectivity index (χ0v) is 18.1. The number of carbonyl (C=O) groups excluding carboxylic acids is 3. The van der Waals surface area contributed by atoms with E-state index in [1.165, 1.54) is 19.2 Å². The highest BCUT2D eigenvalue weighted by molar-refractivity contribution is 8.14. The Hall–Kier alpha value is -2.13. The number of nitrogens with zero attached hydrogens (tertiary/aromatic N) is 2. The van der Waals surface area contributed by atoms with E-state index in [1.54, 1.807) is 29.0 Å². The summed E-state index contributed by atoms with van der Waals surface area (Å²) in [5.41, 5.74) is 0.961. The number of hydrogen-bond donors (Lipinski definition) is 1. The van der Waals surface area contributed by atoms with Crippen molar-refractivity contribution in [3.05, 3.63) is 35.6 Å². The van der Waals surface area contributed by atoms with Crippen LogP contribution in [-0.2, 0) is 20.7 Å². The fourth-order valence-electron chi connectivity index (χ4n) is 4.13. The Labute approximate surface area is 180 Å². The lowest BCUT2D eigenvalue weighted by molar-refractivity contribution is -0.139. The first-order valence-electron chi connectivity index (χ1n) is 10.1. The number of thioether (sulfide) groups is 1. The molecule has 1 aromatic rings. The number of methoxy groups -OCH3 is 1. The SMILES string of the molecule is COCC(=O)N(C)C(Cc1ccc(F)cc1)C1CCN(C(=O)[C@@H]2CSC(=O)N2)CC1. The van der Waals surface area contributed by atoms with Crippen LogP contribution in [0.15, 0.2) is 24.3 Å². The molecule has 2 aliphatic rings. The molecule has 1 aromatic carbocycles. The van der Waals surface area contributed by atoms with Crippen molar-refractivity contribution in [1.29, 1.82) is 0 Å². The first-order chi connectivity index (χ1) is 14.4. The number of nitrogens with one attached hydrogen (secondary N) is 1. The largest absolute Gasteiger partial charge is 0.375 e. The molecule has 3 rings (SSSR count). The summed E-state index contributed by atoms with van der Waals surface area (Å²) in [7, 11) is 3.27. The highest BCUT2D eigenvalue weighted by atomic mass is 32.2. The number of likely N-dealkylation sites (N-methyl/N-ethyl adjacent to an activating group) is 1. The summed E-state index contributed by atoms with van der Waals surface area (Å²) >= 11 is 1.14. The predicted octanol–water partition coefficient (Wildman–Crippen LogP) is 1.91. The molecule has 2 saturated heterocycles. The maximum Gasteiger partial charge on any atom is 0.279 e. The number of likely N-dealkylation sites (tertiary alicyclic amines) is 1. The van der Waals surface area contributed by atoms with Gasteiger partial charge in [0.1, 0.15) is 18.5 Å². The normalized spacial score (nSPS) is 20.7. The molecule has 0 aliphatic carbocycles. The van der Waals surface area contributed by atoms with E-state index in [4.69, 9.17) is 4.74 Å². The van der Waals surface area contributed by atoms with E-state index in [2.05, 4.69) is 5.32 Å². The average Bonchev–Trinajstić information content (AvgIpc) is 3.19. The predicted molar refractivity (Wildman–Crippen MR) is 113 cm³/mol. The van der Waals surface area contributed by atoms with Gasteiger partial charge in [-0.2, -0.15) is 0 Å². The van der Waals surface area contributed by atoms with Crippen LogP contribution >= 0.6 is 11.8 Å². The van der Waals surface area contributed by atoms with Gasteiger partial charge in [-0.05, 0) is 42.9 Å². The molecule has 2 heterocycles. The fourth-order valence-corrected chi connectivity index (χ4v) is 4.90. The van der Waals surface area contributed by atoms with Gasteiger partial charge in [0.05, 0.1) is 0 Å². The third kappa shape index (κ3) is 5.51. The number of piperidine rings is 1. The first-order valence-corrected chi connectivity index (χ1v) is 11.1. The lowest BCUT2D eigenvalue weighted by Crippen LogP contribution is -2.52. The lowest BCUT2D eigenvalue weighted by Gasteiger charge is -2.40. The molecule has 0 aromatic heterocycles. The van der Waals surface area contributed by atoms with E-state index >= 15 is 0 Å². The molecule has 0 saturated carbocycles. The lowest BCUT2D eigenvalue weighted by atomic mass is 9.84. The average molecular weight is 438 g/mol. The van der Waals surface area contributed by atoms with Crippen molar-refractivity contribution in [2.45, 2.75) is 31.3 Å². The molecule has 164 valence electrons. The second kappa shape index (κ2) is 10.3. The van der Waals surface area contributed by atoms with Gasteiger partial charge in [-0.3, -0.25) is 14.4 Å². The van der Waals surface area contributed by atoms with Crippen molar-refractivity contribution >= 4 is 28.8 Å². The van der Waals surface area contributed by atoms with Crippen LogP contribution in [0.4, 0.5) is 9.18 Å². The number of ether oxygens (including phenoxy) is 1. The molecule has 1 N–H and O–H groups in total. The molecular weight excluding hydrogens is 409 g/mol. The molecule has 2 fully saturated rings. The molecule has 2 atom stereocenters. The maximum absolute atomic E-state index is 13.3. The molecule has 7 nitrogen and oxygen atoms in total. The second-order valence-electron chi connectivity index (χ2n) is 7.79. The quantitative estimate of drug-likeness (QED) is 0.705. The van der Waals surface area contributed by atoms with Gasteiger partial charge < -0.3 is 19.9 Å². The van der Waals surface area contributed by atoms with Crippen molar-refractivity contribution < 1.29 is 23.5 Å². The molecule has 0 bridgehead atoms. The van der Waals surface area contributed by atoms with Gasteiger partial charge in [-0.15, -0.1) is 0 Å². The van der Waals surface area contributed by atoms with Crippen LogP contribution in [0.1, 0.15) is 18.4 Å². The Morgan fingerprint density at radius 3 is 2.53 bits per heavy atom. The van der Waals surface area contributed by atoms with E-state index in [1.807, 2.05) is 0 Å². The zero-order chi connectivity index (χ0) is 21.7. The van der Waals surface area contributed by atoms with E-state index in [0.717, 1.165) is 30.2 Å². The summed E-state index contributed by atoms with van der Waals surface area (Å²) in [4.78, 5) is 40.0. The van der Waals surface area contributed by atoms with Crippen molar-refractivity contribution in [2.24, 2.45) is 5.92 Å². The van der Waals surface area contributed by atoms with Crippen LogP contribution in [0.5, 0.6) is 0 Å². The Morgan fingerprint density at radius 2 is 1.97 bits per heavy atom. The second-order valence-corrected chi connectivity index (χ2v) is 8.79. The van der Waals surface area contributed by atoms with Crippen molar-refractivity contribution in [3.8, 4) is 0 Å². The maximum atomic E-state index is 13.3. The van der Waals surface area contributed by atoms with Gasteiger partial charge >= 0.3 is 0 Å². The summed E-state index contributed by atoms with van der Waals surface area (Å²) in [5.74, 6) is 0.249. The summed E-state index contributed by atoms with van der Waals surface area (Å²) in [6.45, 7) is 1.19.